The van der Waals surface area contributed by atoms with Crippen LogP contribution in [0.5, 0.6) is 0 Å². The lowest BCUT2D eigenvalue weighted by molar-refractivity contribution is -0.167. The number of unbranched alkanes of at least 4 members (excludes halogenated alkanes) is 30. The number of carbonyl (C=O) groups is 3. The molecular formula is C66H114O6. The van der Waals surface area contributed by atoms with Crippen LogP contribution in [0.2, 0.25) is 0 Å². The van der Waals surface area contributed by atoms with Gasteiger partial charge < -0.3 is 14.2 Å². The van der Waals surface area contributed by atoms with E-state index in [9.17, 15) is 14.4 Å². The van der Waals surface area contributed by atoms with Crippen LogP contribution in [-0.2, 0) is 28.6 Å². The number of ether oxygens (including phenoxy) is 3. The lowest BCUT2D eigenvalue weighted by Crippen LogP contribution is -2.30. The van der Waals surface area contributed by atoms with Crippen molar-refractivity contribution in [2.75, 3.05) is 13.2 Å². The van der Waals surface area contributed by atoms with Crippen LogP contribution in [0, 0.1) is 0 Å². The van der Waals surface area contributed by atoms with Gasteiger partial charge in [0.1, 0.15) is 13.2 Å². The zero-order valence-electron chi connectivity index (χ0n) is 47.4. The molecule has 0 aromatic heterocycles. The molecule has 0 amide bonds. The summed E-state index contributed by atoms with van der Waals surface area (Å²) < 4.78 is 16.8. The van der Waals surface area contributed by atoms with Crippen molar-refractivity contribution in [1.82, 2.24) is 0 Å². The van der Waals surface area contributed by atoms with Crippen molar-refractivity contribution < 1.29 is 28.6 Å². The zero-order chi connectivity index (χ0) is 52.2. The van der Waals surface area contributed by atoms with E-state index in [1.165, 1.54) is 148 Å². The van der Waals surface area contributed by atoms with E-state index < -0.39 is 6.10 Å². The summed E-state index contributed by atoms with van der Waals surface area (Å²) >= 11 is 0. The van der Waals surface area contributed by atoms with Crippen molar-refractivity contribution >= 4 is 17.9 Å². The quantitative estimate of drug-likeness (QED) is 0.0261. The molecule has 0 aliphatic carbocycles. The predicted octanol–water partition coefficient (Wildman–Crippen LogP) is 20.7. The Kier molecular flexibility index (Phi) is 57.3. The summed E-state index contributed by atoms with van der Waals surface area (Å²) in [5.41, 5.74) is 0. The second-order valence-electron chi connectivity index (χ2n) is 20.2. The molecule has 72 heavy (non-hydrogen) atoms. The molecule has 0 saturated heterocycles. The lowest BCUT2D eigenvalue weighted by atomic mass is 10.0. The molecular weight excluding hydrogens is 889 g/mol. The molecule has 0 bridgehead atoms. The molecule has 0 rings (SSSR count). The van der Waals surface area contributed by atoms with E-state index in [1.54, 1.807) is 0 Å². The molecule has 0 aliphatic heterocycles. The van der Waals surface area contributed by atoms with E-state index in [4.69, 9.17) is 14.2 Å². The highest BCUT2D eigenvalue weighted by Crippen LogP contribution is 2.17. The van der Waals surface area contributed by atoms with Crippen LogP contribution >= 0.6 is 0 Å². The van der Waals surface area contributed by atoms with E-state index in [0.29, 0.717) is 19.3 Å². The summed E-state index contributed by atoms with van der Waals surface area (Å²) in [5.74, 6) is -0.915. The van der Waals surface area contributed by atoms with Crippen molar-refractivity contribution in [1.29, 1.82) is 0 Å². The standard InChI is InChI=1S/C66H114O6/c1-4-7-10-13-16-18-20-22-24-26-28-30-32-33-34-36-37-39-41-43-45-47-50-53-56-59-65(68)71-62-63(61-70-64(67)58-55-52-49-15-12-9-6-3)72-66(69)60-57-54-51-48-46-44-42-40-38-35-31-29-27-25-23-21-19-17-14-11-8-5-2/h7,10,16,18,22,24,28,30,33-34,37,39,43,45,63H,4-6,8-9,11-15,17,19-21,23,25-27,29,31-32,35-36,38,40-42,44,46-62H2,1-3H3/b10-7-,18-16-,24-22-,30-28-,34-33-,39-37-,45-43-. The maximum absolute atomic E-state index is 12.8. The summed E-state index contributed by atoms with van der Waals surface area (Å²) in [4.78, 5) is 38.0. The summed E-state index contributed by atoms with van der Waals surface area (Å²) in [6.45, 7) is 6.48. The van der Waals surface area contributed by atoms with Crippen molar-refractivity contribution in [2.24, 2.45) is 0 Å². The van der Waals surface area contributed by atoms with Gasteiger partial charge in [0, 0.05) is 19.3 Å². The third kappa shape index (κ3) is 57.5. The summed E-state index contributed by atoms with van der Waals surface area (Å²) in [6, 6.07) is 0. The Labute approximate surface area is 445 Å². The maximum atomic E-state index is 12.8. The molecule has 6 heteroatoms. The highest BCUT2D eigenvalue weighted by molar-refractivity contribution is 5.71. The number of hydrogen-bond donors (Lipinski definition) is 0. The largest absolute Gasteiger partial charge is 0.462 e. The monoisotopic (exact) mass is 1000 g/mol. The third-order valence-corrected chi connectivity index (χ3v) is 13.2. The second-order valence-corrected chi connectivity index (χ2v) is 20.2. The smallest absolute Gasteiger partial charge is 0.306 e. The Morgan fingerprint density at radius 1 is 0.292 bits per heavy atom. The van der Waals surface area contributed by atoms with Crippen LogP contribution in [0.15, 0.2) is 85.1 Å². The number of allylic oxidation sites excluding steroid dienone is 14. The van der Waals surface area contributed by atoms with E-state index >= 15 is 0 Å². The molecule has 1 atom stereocenters. The minimum atomic E-state index is -0.787. The summed E-state index contributed by atoms with van der Waals surface area (Å²) in [7, 11) is 0. The molecule has 0 fully saturated rings. The normalized spacial score (nSPS) is 12.7. The van der Waals surface area contributed by atoms with E-state index in [2.05, 4.69) is 106 Å². The van der Waals surface area contributed by atoms with Crippen molar-refractivity contribution in [2.45, 2.75) is 303 Å². The Hall–Kier alpha value is -3.41. The van der Waals surface area contributed by atoms with Crippen molar-refractivity contribution in [3.63, 3.8) is 0 Å². The number of esters is 3. The highest BCUT2D eigenvalue weighted by atomic mass is 16.6. The van der Waals surface area contributed by atoms with Gasteiger partial charge in [-0.25, -0.2) is 0 Å². The first kappa shape index (κ1) is 68.6. The predicted molar refractivity (Wildman–Crippen MR) is 311 cm³/mol. The van der Waals surface area contributed by atoms with Gasteiger partial charge in [0.15, 0.2) is 6.10 Å². The molecule has 6 nitrogen and oxygen atoms in total. The Morgan fingerprint density at radius 3 is 0.847 bits per heavy atom. The fourth-order valence-electron chi connectivity index (χ4n) is 8.60. The molecule has 0 saturated carbocycles. The minimum Gasteiger partial charge on any atom is -0.462 e. The molecule has 414 valence electrons. The number of rotatable bonds is 55. The van der Waals surface area contributed by atoms with Gasteiger partial charge >= 0.3 is 17.9 Å². The maximum Gasteiger partial charge on any atom is 0.306 e. The molecule has 0 heterocycles. The second kappa shape index (κ2) is 60.1. The molecule has 0 spiro atoms. The molecule has 0 N–H and O–H groups in total. The molecule has 1 unspecified atom stereocenters. The molecule has 0 aromatic carbocycles. The topological polar surface area (TPSA) is 78.9 Å². The first-order chi connectivity index (χ1) is 35.5. The minimum absolute atomic E-state index is 0.0847. The average molecular weight is 1000 g/mol. The van der Waals surface area contributed by atoms with Gasteiger partial charge in [-0.3, -0.25) is 14.4 Å². The average Bonchev–Trinajstić information content (AvgIpc) is 3.38. The lowest BCUT2D eigenvalue weighted by Gasteiger charge is -2.18. The van der Waals surface area contributed by atoms with E-state index in [1.807, 2.05) is 0 Å². The molecule has 0 radical (unpaired) electrons. The van der Waals surface area contributed by atoms with Gasteiger partial charge in [-0.2, -0.15) is 0 Å². The van der Waals surface area contributed by atoms with Gasteiger partial charge in [0.2, 0.25) is 0 Å². The van der Waals surface area contributed by atoms with Gasteiger partial charge in [-0.05, 0) is 77.0 Å². The number of carbonyl (C=O) groups excluding carboxylic acids is 3. The van der Waals surface area contributed by atoms with Crippen molar-refractivity contribution in [3.8, 4) is 0 Å². The third-order valence-electron chi connectivity index (χ3n) is 13.2. The first-order valence-electron chi connectivity index (χ1n) is 30.6. The fourth-order valence-corrected chi connectivity index (χ4v) is 8.60. The Morgan fingerprint density at radius 2 is 0.542 bits per heavy atom. The number of hydrogen-bond acceptors (Lipinski definition) is 6. The van der Waals surface area contributed by atoms with Crippen molar-refractivity contribution in [3.05, 3.63) is 85.1 Å². The van der Waals surface area contributed by atoms with Gasteiger partial charge in [-0.1, -0.05) is 286 Å². The van der Waals surface area contributed by atoms with Crippen LogP contribution in [0.3, 0.4) is 0 Å². The fraction of sp³-hybridized carbons (Fsp3) is 0.742. The Balaban J connectivity index is 4.23. The molecule has 0 aromatic rings. The SMILES string of the molecule is CC/C=C\C/C=C\C/C=C\C/C=C\C/C=C\C/C=C\C/C=C\CCCCCC(=O)OCC(COC(=O)CCCCCCCCC)OC(=O)CCCCCCCCCCCCCCCCCCCCCCCC. The van der Waals surface area contributed by atoms with E-state index in [-0.39, 0.29) is 31.1 Å². The zero-order valence-corrected chi connectivity index (χ0v) is 47.4. The van der Waals surface area contributed by atoms with E-state index in [0.717, 1.165) is 109 Å². The van der Waals surface area contributed by atoms with Gasteiger partial charge in [0.05, 0.1) is 0 Å². The van der Waals surface area contributed by atoms with Crippen LogP contribution in [0.25, 0.3) is 0 Å². The van der Waals surface area contributed by atoms with Gasteiger partial charge in [0.25, 0.3) is 0 Å². The van der Waals surface area contributed by atoms with Crippen LogP contribution in [-0.4, -0.2) is 37.2 Å². The van der Waals surface area contributed by atoms with Gasteiger partial charge in [-0.15, -0.1) is 0 Å². The summed E-state index contributed by atoms with van der Waals surface area (Å²) in [6.07, 6.45) is 79.0. The first-order valence-corrected chi connectivity index (χ1v) is 30.6. The van der Waals surface area contributed by atoms with Crippen LogP contribution in [0.1, 0.15) is 297 Å². The van der Waals surface area contributed by atoms with Crippen LogP contribution in [0.4, 0.5) is 0 Å². The highest BCUT2D eigenvalue weighted by Gasteiger charge is 2.19. The summed E-state index contributed by atoms with van der Waals surface area (Å²) in [5, 5.41) is 0. The molecule has 0 aliphatic rings. The Bertz CT molecular complexity index is 1380. The van der Waals surface area contributed by atoms with Crippen LogP contribution < -0.4 is 0 Å².